The number of nitrogens with zero attached hydrogens (tertiary/aromatic N) is 1. The molecule has 1 N–H and O–H groups in total. The topological polar surface area (TPSA) is 43.4 Å². The second-order valence-electron chi connectivity index (χ2n) is 4.75. The molecule has 0 atom stereocenters. The summed E-state index contributed by atoms with van der Waals surface area (Å²) in [5.41, 5.74) is 1.28. The van der Waals surface area contributed by atoms with E-state index in [2.05, 4.69) is 30.2 Å². The molecular formula is C15H16N2O2. The van der Waals surface area contributed by atoms with Crippen LogP contribution < -0.4 is 14.8 Å². The van der Waals surface area contributed by atoms with Crippen molar-refractivity contribution < 1.29 is 9.47 Å². The molecule has 0 amide bonds. The summed E-state index contributed by atoms with van der Waals surface area (Å²) in [6, 6.07) is 5.95. The lowest BCUT2D eigenvalue weighted by Crippen LogP contribution is -2.01. The van der Waals surface area contributed by atoms with Crippen molar-refractivity contribution in [2.45, 2.75) is 13.8 Å². The molecule has 19 heavy (non-hydrogen) atoms. The van der Waals surface area contributed by atoms with E-state index in [-0.39, 0.29) is 0 Å². The maximum atomic E-state index is 5.41. The molecule has 0 bridgehead atoms. The molecule has 1 aliphatic rings. The van der Waals surface area contributed by atoms with Gasteiger partial charge >= 0.3 is 0 Å². The van der Waals surface area contributed by atoms with Crippen LogP contribution in [0, 0.1) is 0 Å². The molecule has 0 saturated carbocycles. The van der Waals surface area contributed by atoms with E-state index in [4.69, 9.17) is 9.47 Å². The number of rotatable bonds is 3. The standard InChI is InChI=1S/C15H16N2O2/c1-10(2)3-5-16-15-12-8-14-13(18-9-19-14)7-11(12)4-6-17-15/h3-4,6-8H,5,9H2,1-2H3,(H,16,17). The lowest BCUT2D eigenvalue weighted by molar-refractivity contribution is 0.174. The second-order valence-corrected chi connectivity index (χ2v) is 4.75. The van der Waals surface area contributed by atoms with E-state index in [0.29, 0.717) is 6.79 Å². The largest absolute Gasteiger partial charge is 0.454 e. The summed E-state index contributed by atoms with van der Waals surface area (Å²) in [5, 5.41) is 5.47. The molecule has 0 fully saturated rings. The molecular weight excluding hydrogens is 240 g/mol. The van der Waals surface area contributed by atoms with Crippen LogP contribution in [0.3, 0.4) is 0 Å². The molecule has 0 radical (unpaired) electrons. The maximum absolute atomic E-state index is 5.41. The number of anilines is 1. The minimum atomic E-state index is 0.291. The van der Waals surface area contributed by atoms with Gasteiger partial charge in [-0.25, -0.2) is 4.98 Å². The highest BCUT2D eigenvalue weighted by Crippen LogP contribution is 2.37. The number of hydrogen-bond acceptors (Lipinski definition) is 4. The second kappa shape index (κ2) is 4.80. The highest BCUT2D eigenvalue weighted by Gasteiger charge is 2.15. The van der Waals surface area contributed by atoms with Crippen LogP contribution in [0.25, 0.3) is 10.8 Å². The number of allylic oxidation sites excluding steroid dienone is 1. The first-order chi connectivity index (χ1) is 9.24. The van der Waals surface area contributed by atoms with E-state index < -0.39 is 0 Å². The zero-order valence-electron chi connectivity index (χ0n) is 11.1. The molecule has 2 heterocycles. The third-order valence-corrected chi connectivity index (χ3v) is 3.04. The molecule has 0 saturated heterocycles. The minimum Gasteiger partial charge on any atom is -0.454 e. The highest BCUT2D eigenvalue weighted by molar-refractivity contribution is 5.94. The van der Waals surface area contributed by atoms with Crippen molar-refractivity contribution in [2.24, 2.45) is 0 Å². The van der Waals surface area contributed by atoms with Crippen LogP contribution in [0.2, 0.25) is 0 Å². The van der Waals surface area contributed by atoms with Crippen LogP contribution in [0.15, 0.2) is 36.0 Å². The number of pyridine rings is 1. The van der Waals surface area contributed by atoms with Gasteiger partial charge < -0.3 is 14.8 Å². The quantitative estimate of drug-likeness (QED) is 0.855. The third-order valence-electron chi connectivity index (χ3n) is 3.04. The SMILES string of the molecule is CC(C)=CCNc1nccc2cc3c(cc12)OCO3. The third kappa shape index (κ3) is 2.34. The summed E-state index contributed by atoms with van der Waals surface area (Å²) >= 11 is 0. The van der Waals surface area contributed by atoms with E-state index in [9.17, 15) is 0 Å². The van der Waals surface area contributed by atoms with Gasteiger partial charge in [0.25, 0.3) is 0 Å². The predicted octanol–water partition coefficient (Wildman–Crippen LogP) is 3.34. The lowest BCUT2D eigenvalue weighted by Gasteiger charge is -2.08. The molecule has 4 nitrogen and oxygen atoms in total. The van der Waals surface area contributed by atoms with Crippen molar-refractivity contribution in [1.82, 2.24) is 4.98 Å². The molecule has 0 unspecified atom stereocenters. The van der Waals surface area contributed by atoms with E-state index >= 15 is 0 Å². The van der Waals surface area contributed by atoms with Crippen molar-refractivity contribution in [3.63, 3.8) is 0 Å². The van der Waals surface area contributed by atoms with Gasteiger partial charge in [-0.1, -0.05) is 11.6 Å². The molecule has 0 aliphatic carbocycles. The molecule has 1 aliphatic heterocycles. The molecule has 2 aromatic rings. The molecule has 1 aromatic carbocycles. The van der Waals surface area contributed by atoms with Crippen LogP contribution in [0.1, 0.15) is 13.8 Å². The van der Waals surface area contributed by atoms with Crippen molar-refractivity contribution in [3.8, 4) is 11.5 Å². The first-order valence-corrected chi connectivity index (χ1v) is 6.29. The highest BCUT2D eigenvalue weighted by atomic mass is 16.7. The van der Waals surface area contributed by atoms with Gasteiger partial charge in [-0.05, 0) is 37.4 Å². The summed E-state index contributed by atoms with van der Waals surface area (Å²) in [6.45, 7) is 5.22. The van der Waals surface area contributed by atoms with Gasteiger partial charge in [0.05, 0.1) is 0 Å². The fourth-order valence-electron chi connectivity index (χ4n) is 2.06. The van der Waals surface area contributed by atoms with Gasteiger partial charge in [0.1, 0.15) is 5.82 Å². The average Bonchev–Trinajstić information content (AvgIpc) is 2.83. The summed E-state index contributed by atoms with van der Waals surface area (Å²) in [5.74, 6) is 2.45. The Bertz CT molecular complexity index is 646. The first-order valence-electron chi connectivity index (χ1n) is 6.29. The van der Waals surface area contributed by atoms with E-state index in [1.54, 1.807) is 6.20 Å². The van der Waals surface area contributed by atoms with E-state index in [1.807, 2.05) is 18.2 Å². The summed E-state index contributed by atoms with van der Waals surface area (Å²) in [7, 11) is 0. The Morgan fingerprint density at radius 3 is 2.89 bits per heavy atom. The summed E-state index contributed by atoms with van der Waals surface area (Å²) in [6.07, 6.45) is 3.93. The Kier molecular flexibility index (Phi) is 2.99. The van der Waals surface area contributed by atoms with Crippen molar-refractivity contribution >= 4 is 16.6 Å². The number of ether oxygens (including phenoxy) is 2. The Labute approximate surface area is 112 Å². The zero-order valence-corrected chi connectivity index (χ0v) is 11.1. The van der Waals surface area contributed by atoms with E-state index in [1.165, 1.54) is 5.57 Å². The van der Waals surface area contributed by atoms with Crippen molar-refractivity contribution in [2.75, 3.05) is 18.7 Å². The van der Waals surface area contributed by atoms with Crippen LogP contribution in [0.4, 0.5) is 5.82 Å². The Hall–Kier alpha value is -2.23. The van der Waals surface area contributed by atoms with Crippen molar-refractivity contribution in [1.29, 1.82) is 0 Å². The number of aromatic nitrogens is 1. The fraction of sp³-hybridized carbons (Fsp3) is 0.267. The first kappa shape index (κ1) is 11.8. The monoisotopic (exact) mass is 256 g/mol. The number of nitrogens with one attached hydrogen (secondary N) is 1. The Morgan fingerprint density at radius 2 is 2.11 bits per heavy atom. The van der Waals surface area contributed by atoms with Gasteiger partial charge in [-0.2, -0.15) is 0 Å². The van der Waals surface area contributed by atoms with Gasteiger partial charge in [-0.15, -0.1) is 0 Å². The van der Waals surface area contributed by atoms with Gasteiger partial charge in [0, 0.05) is 18.1 Å². The van der Waals surface area contributed by atoms with Crippen LogP contribution in [-0.2, 0) is 0 Å². The Balaban J connectivity index is 1.98. The fourth-order valence-corrected chi connectivity index (χ4v) is 2.06. The van der Waals surface area contributed by atoms with Gasteiger partial charge in [0.2, 0.25) is 6.79 Å². The zero-order chi connectivity index (χ0) is 13.2. The van der Waals surface area contributed by atoms with Crippen LogP contribution in [0.5, 0.6) is 11.5 Å². The summed E-state index contributed by atoms with van der Waals surface area (Å²) in [4.78, 5) is 4.39. The number of hydrogen-bond donors (Lipinski definition) is 1. The van der Waals surface area contributed by atoms with Crippen LogP contribution >= 0.6 is 0 Å². The molecule has 3 rings (SSSR count). The predicted molar refractivity (Wildman–Crippen MR) is 75.8 cm³/mol. The smallest absolute Gasteiger partial charge is 0.231 e. The molecule has 1 aromatic heterocycles. The number of benzene rings is 1. The average molecular weight is 256 g/mol. The maximum Gasteiger partial charge on any atom is 0.231 e. The van der Waals surface area contributed by atoms with Gasteiger partial charge in [-0.3, -0.25) is 0 Å². The summed E-state index contributed by atoms with van der Waals surface area (Å²) < 4.78 is 10.8. The Morgan fingerprint density at radius 1 is 1.32 bits per heavy atom. The van der Waals surface area contributed by atoms with Crippen molar-refractivity contribution in [3.05, 3.63) is 36.0 Å². The normalized spacial score (nSPS) is 12.5. The minimum absolute atomic E-state index is 0.291. The van der Waals surface area contributed by atoms with E-state index in [0.717, 1.165) is 34.6 Å². The lowest BCUT2D eigenvalue weighted by atomic mass is 10.1. The molecule has 98 valence electrons. The number of fused-ring (bicyclic) bond motifs is 2. The molecule has 4 heteroatoms. The van der Waals surface area contributed by atoms with Gasteiger partial charge in [0.15, 0.2) is 11.5 Å². The van der Waals surface area contributed by atoms with Crippen LogP contribution in [-0.4, -0.2) is 18.3 Å². The molecule has 0 spiro atoms.